The smallest absolute Gasteiger partial charge is 0.145 e. The molecule has 0 saturated heterocycles. The van der Waals surface area contributed by atoms with E-state index in [4.69, 9.17) is 15.1 Å². The number of para-hydroxylation sites is 1. The van der Waals surface area contributed by atoms with Crippen molar-refractivity contribution in [2.45, 2.75) is 6.61 Å². The molecule has 0 aromatic heterocycles. The molecule has 0 aliphatic carbocycles. The Hall–Kier alpha value is -1.58. The first-order valence-electron chi connectivity index (χ1n) is 5.31. The van der Waals surface area contributed by atoms with Crippen molar-refractivity contribution in [3.8, 4) is 17.6 Å². The Labute approximate surface area is 119 Å². The minimum Gasteiger partial charge on any atom is -0.455 e. The first-order valence-corrected chi connectivity index (χ1v) is 6.38. The molecule has 0 bridgehead atoms. The van der Waals surface area contributed by atoms with Crippen LogP contribution in [0, 0.1) is 14.9 Å². The normalized spacial score (nSPS) is 9.83. The Bertz CT molecular complexity index is 605. The van der Waals surface area contributed by atoms with Crippen LogP contribution in [0.3, 0.4) is 0 Å². The number of hydrogen-bond donors (Lipinski definition) is 1. The summed E-state index contributed by atoms with van der Waals surface area (Å²) in [5.41, 5.74) is 1.11. The van der Waals surface area contributed by atoms with Gasteiger partial charge in [-0.3, -0.25) is 0 Å². The minimum atomic E-state index is -0.0855. The van der Waals surface area contributed by atoms with E-state index >= 15 is 0 Å². The third kappa shape index (κ3) is 2.81. The average molecular weight is 351 g/mol. The lowest BCUT2D eigenvalue weighted by Crippen LogP contribution is -1.92. The lowest BCUT2D eigenvalue weighted by Gasteiger charge is -2.09. The van der Waals surface area contributed by atoms with Crippen LogP contribution < -0.4 is 4.74 Å². The first kappa shape index (κ1) is 12.9. The SMILES string of the molecule is N#Cc1cc(CO)ccc1Oc1ccccc1I. The standard InChI is InChI=1S/C14H10INO2/c15-12-3-1-2-4-14(12)18-13-6-5-10(9-17)7-11(13)8-16/h1-7,17H,9H2. The van der Waals surface area contributed by atoms with Gasteiger partial charge in [0.15, 0.2) is 0 Å². The second-order valence-electron chi connectivity index (χ2n) is 3.63. The summed E-state index contributed by atoms with van der Waals surface area (Å²) in [5.74, 6) is 1.21. The zero-order valence-corrected chi connectivity index (χ0v) is 11.6. The molecule has 0 amide bonds. The fourth-order valence-electron chi connectivity index (χ4n) is 1.50. The Morgan fingerprint density at radius 3 is 2.61 bits per heavy atom. The minimum absolute atomic E-state index is 0.0855. The van der Waals surface area contributed by atoms with Gasteiger partial charge in [-0.15, -0.1) is 0 Å². The quantitative estimate of drug-likeness (QED) is 0.862. The maximum Gasteiger partial charge on any atom is 0.145 e. The van der Waals surface area contributed by atoms with Crippen molar-refractivity contribution in [3.63, 3.8) is 0 Å². The zero-order valence-electron chi connectivity index (χ0n) is 9.43. The van der Waals surface area contributed by atoms with E-state index in [1.807, 2.05) is 24.3 Å². The zero-order chi connectivity index (χ0) is 13.0. The van der Waals surface area contributed by atoms with Gasteiger partial charge in [0.1, 0.15) is 17.6 Å². The van der Waals surface area contributed by atoms with Crippen LogP contribution in [0.2, 0.25) is 0 Å². The highest BCUT2D eigenvalue weighted by atomic mass is 127. The Kier molecular flexibility index (Phi) is 4.18. The second kappa shape index (κ2) is 5.85. The van der Waals surface area contributed by atoms with E-state index in [9.17, 15) is 0 Å². The molecule has 0 unspecified atom stereocenters. The van der Waals surface area contributed by atoms with Crippen LogP contribution >= 0.6 is 22.6 Å². The molecule has 0 saturated carbocycles. The molecule has 18 heavy (non-hydrogen) atoms. The predicted molar refractivity (Wildman–Crippen MR) is 76.3 cm³/mol. The Morgan fingerprint density at radius 2 is 1.94 bits per heavy atom. The van der Waals surface area contributed by atoms with Crippen LogP contribution in [-0.4, -0.2) is 5.11 Å². The topological polar surface area (TPSA) is 53.2 Å². The Balaban J connectivity index is 2.35. The molecule has 0 atom stereocenters. The third-order valence-electron chi connectivity index (χ3n) is 2.40. The van der Waals surface area contributed by atoms with Crippen LogP contribution in [0.1, 0.15) is 11.1 Å². The number of aliphatic hydroxyl groups excluding tert-OH is 1. The van der Waals surface area contributed by atoms with Gasteiger partial charge < -0.3 is 9.84 Å². The van der Waals surface area contributed by atoms with Crippen molar-refractivity contribution in [3.05, 3.63) is 57.2 Å². The van der Waals surface area contributed by atoms with Crippen LogP contribution in [-0.2, 0) is 6.61 Å². The van der Waals surface area contributed by atoms with Gasteiger partial charge in [0.05, 0.1) is 15.7 Å². The van der Waals surface area contributed by atoms with Gasteiger partial charge in [-0.05, 0) is 52.4 Å². The number of halogens is 1. The fraction of sp³-hybridized carbons (Fsp3) is 0.0714. The molecule has 2 aromatic rings. The van der Waals surface area contributed by atoms with Gasteiger partial charge >= 0.3 is 0 Å². The summed E-state index contributed by atoms with van der Waals surface area (Å²) in [6, 6.07) is 14.7. The van der Waals surface area contributed by atoms with E-state index in [1.165, 1.54) is 0 Å². The number of aliphatic hydroxyl groups is 1. The average Bonchev–Trinajstić information content (AvgIpc) is 2.41. The number of hydrogen-bond acceptors (Lipinski definition) is 3. The van der Waals surface area contributed by atoms with Crippen molar-refractivity contribution in [1.29, 1.82) is 5.26 Å². The first-order chi connectivity index (χ1) is 8.74. The van der Waals surface area contributed by atoms with E-state index in [1.54, 1.807) is 18.2 Å². The molecule has 2 rings (SSSR count). The van der Waals surface area contributed by atoms with Gasteiger partial charge in [0.25, 0.3) is 0 Å². The summed E-state index contributed by atoms with van der Waals surface area (Å²) < 4.78 is 6.70. The largest absolute Gasteiger partial charge is 0.455 e. The molecule has 4 heteroatoms. The van der Waals surface area contributed by atoms with Gasteiger partial charge in [0.2, 0.25) is 0 Å². The predicted octanol–water partition coefficient (Wildman–Crippen LogP) is 3.45. The monoisotopic (exact) mass is 351 g/mol. The van der Waals surface area contributed by atoms with Gasteiger partial charge in [-0.2, -0.15) is 5.26 Å². The summed E-state index contributed by atoms with van der Waals surface area (Å²) in [5, 5.41) is 18.1. The molecule has 0 aliphatic rings. The molecular formula is C14H10INO2. The van der Waals surface area contributed by atoms with E-state index in [0.29, 0.717) is 22.6 Å². The molecule has 3 nitrogen and oxygen atoms in total. The molecule has 2 aromatic carbocycles. The van der Waals surface area contributed by atoms with Crippen molar-refractivity contribution in [2.24, 2.45) is 0 Å². The van der Waals surface area contributed by atoms with Crippen molar-refractivity contribution >= 4 is 22.6 Å². The van der Waals surface area contributed by atoms with E-state index in [-0.39, 0.29) is 6.61 Å². The molecule has 0 spiro atoms. The summed E-state index contributed by atoms with van der Waals surface area (Å²) in [6.45, 7) is -0.0855. The lowest BCUT2D eigenvalue weighted by molar-refractivity contribution is 0.281. The van der Waals surface area contributed by atoms with Crippen LogP contribution in [0.4, 0.5) is 0 Å². The maximum absolute atomic E-state index is 9.07. The number of benzene rings is 2. The van der Waals surface area contributed by atoms with E-state index < -0.39 is 0 Å². The van der Waals surface area contributed by atoms with Crippen molar-refractivity contribution in [1.82, 2.24) is 0 Å². The Morgan fingerprint density at radius 1 is 1.17 bits per heavy atom. The fourth-order valence-corrected chi connectivity index (χ4v) is 2.00. The molecule has 0 radical (unpaired) electrons. The number of nitrogens with zero attached hydrogens (tertiary/aromatic N) is 1. The maximum atomic E-state index is 9.07. The van der Waals surface area contributed by atoms with Gasteiger partial charge in [-0.1, -0.05) is 18.2 Å². The lowest BCUT2D eigenvalue weighted by atomic mass is 10.1. The van der Waals surface area contributed by atoms with Gasteiger partial charge in [0, 0.05) is 0 Å². The van der Waals surface area contributed by atoms with Gasteiger partial charge in [-0.25, -0.2) is 0 Å². The highest BCUT2D eigenvalue weighted by Gasteiger charge is 2.07. The molecule has 0 aliphatic heterocycles. The van der Waals surface area contributed by atoms with E-state index in [0.717, 1.165) is 3.57 Å². The number of ether oxygens (including phenoxy) is 1. The van der Waals surface area contributed by atoms with Crippen LogP contribution in [0.25, 0.3) is 0 Å². The number of rotatable bonds is 3. The summed E-state index contributed by atoms with van der Waals surface area (Å²) in [7, 11) is 0. The number of nitriles is 1. The van der Waals surface area contributed by atoms with Crippen LogP contribution in [0.5, 0.6) is 11.5 Å². The molecule has 0 fully saturated rings. The third-order valence-corrected chi connectivity index (χ3v) is 3.29. The van der Waals surface area contributed by atoms with Crippen molar-refractivity contribution < 1.29 is 9.84 Å². The molecule has 90 valence electrons. The van der Waals surface area contributed by atoms with Crippen molar-refractivity contribution in [2.75, 3.05) is 0 Å². The van der Waals surface area contributed by atoms with E-state index in [2.05, 4.69) is 28.7 Å². The molecule has 1 N–H and O–H groups in total. The van der Waals surface area contributed by atoms with Crippen LogP contribution in [0.15, 0.2) is 42.5 Å². The molecule has 0 heterocycles. The highest BCUT2D eigenvalue weighted by Crippen LogP contribution is 2.29. The second-order valence-corrected chi connectivity index (χ2v) is 4.80. The summed E-state index contributed by atoms with van der Waals surface area (Å²) in [4.78, 5) is 0. The molecular weight excluding hydrogens is 341 g/mol. The summed E-state index contributed by atoms with van der Waals surface area (Å²) >= 11 is 2.18. The summed E-state index contributed by atoms with van der Waals surface area (Å²) in [6.07, 6.45) is 0. The highest BCUT2D eigenvalue weighted by molar-refractivity contribution is 14.1.